The van der Waals surface area contributed by atoms with E-state index in [9.17, 15) is 21.6 Å². The van der Waals surface area contributed by atoms with Crippen LogP contribution in [0, 0.1) is 0 Å². The van der Waals surface area contributed by atoms with Crippen LogP contribution in [0.2, 0.25) is 0 Å². The van der Waals surface area contributed by atoms with Crippen LogP contribution in [0.3, 0.4) is 0 Å². The van der Waals surface area contributed by atoms with Crippen LogP contribution in [0.25, 0.3) is 0 Å². The molecule has 0 spiro atoms. The Morgan fingerprint density at radius 2 is 2.00 bits per heavy atom. The molecule has 0 atom stereocenters. The molecule has 0 amide bonds. The summed E-state index contributed by atoms with van der Waals surface area (Å²) in [7, 11) is -4.19. The second-order valence-electron chi connectivity index (χ2n) is 5.58. The van der Waals surface area contributed by atoms with Gasteiger partial charge in [0.2, 0.25) is 10.0 Å². The van der Waals surface area contributed by atoms with E-state index in [2.05, 4.69) is 10.3 Å². The van der Waals surface area contributed by atoms with Crippen molar-refractivity contribution in [2.45, 2.75) is 55.9 Å². The van der Waals surface area contributed by atoms with Crippen LogP contribution in [-0.2, 0) is 16.6 Å². The SMILES string of the molecule is CC(C)NCc1cc(S(=O)(=O)NC2(C(F)(F)F)CC2)c[nH]1. The zero-order valence-electron chi connectivity index (χ0n) is 11.7. The maximum absolute atomic E-state index is 12.8. The second kappa shape index (κ2) is 5.29. The number of sulfonamides is 1. The van der Waals surface area contributed by atoms with Gasteiger partial charge in [-0.05, 0) is 18.9 Å². The molecule has 5 nitrogen and oxygen atoms in total. The fourth-order valence-electron chi connectivity index (χ4n) is 1.87. The van der Waals surface area contributed by atoms with E-state index in [-0.39, 0.29) is 23.8 Å². The average molecular weight is 325 g/mol. The van der Waals surface area contributed by atoms with Crippen molar-refractivity contribution in [3.05, 3.63) is 18.0 Å². The first-order chi connectivity index (χ1) is 9.56. The van der Waals surface area contributed by atoms with Crippen molar-refractivity contribution >= 4 is 10.0 Å². The molecule has 1 aromatic rings. The molecule has 1 aliphatic rings. The molecule has 1 heterocycles. The van der Waals surface area contributed by atoms with Gasteiger partial charge in [0, 0.05) is 24.5 Å². The summed E-state index contributed by atoms with van der Waals surface area (Å²) in [6, 6.07) is 1.55. The van der Waals surface area contributed by atoms with E-state index in [1.54, 1.807) is 4.72 Å². The largest absolute Gasteiger partial charge is 0.407 e. The topological polar surface area (TPSA) is 74.0 Å². The highest BCUT2D eigenvalue weighted by Gasteiger charge is 2.65. The first kappa shape index (κ1) is 16.3. The second-order valence-corrected chi connectivity index (χ2v) is 7.26. The lowest BCUT2D eigenvalue weighted by Gasteiger charge is -2.20. The Morgan fingerprint density at radius 3 is 2.48 bits per heavy atom. The minimum Gasteiger partial charge on any atom is -0.363 e. The van der Waals surface area contributed by atoms with E-state index in [4.69, 9.17) is 0 Å². The number of nitrogens with one attached hydrogen (secondary N) is 3. The Bertz CT molecular complexity index is 604. The van der Waals surface area contributed by atoms with Gasteiger partial charge >= 0.3 is 6.18 Å². The highest BCUT2D eigenvalue weighted by molar-refractivity contribution is 7.89. The molecule has 0 aliphatic heterocycles. The van der Waals surface area contributed by atoms with Crippen molar-refractivity contribution in [2.75, 3.05) is 0 Å². The van der Waals surface area contributed by atoms with Gasteiger partial charge < -0.3 is 10.3 Å². The Kier molecular flexibility index (Phi) is 4.11. The molecule has 21 heavy (non-hydrogen) atoms. The van der Waals surface area contributed by atoms with E-state index in [1.165, 1.54) is 12.3 Å². The summed E-state index contributed by atoms with van der Waals surface area (Å²) in [6.45, 7) is 4.28. The summed E-state index contributed by atoms with van der Waals surface area (Å²) in [5, 5.41) is 3.08. The van der Waals surface area contributed by atoms with E-state index < -0.39 is 21.7 Å². The molecule has 1 aromatic heterocycles. The molecule has 1 saturated carbocycles. The minimum atomic E-state index is -4.57. The lowest BCUT2D eigenvalue weighted by molar-refractivity contribution is -0.160. The lowest BCUT2D eigenvalue weighted by atomic mass is 10.3. The molecule has 0 aromatic carbocycles. The molecule has 0 bridgehead atoms. The molecule has 9 heteroatoms. The number of rotatable bonds is 6. The van der Waals surface area contributed by atoms with Crippen LogP contribution in [-0.4, -0.2) is 31.2 Å². The Morgan fingerprint density at radius 1 is 1.38 bits per heavy atom. The Labute approximate surface area is 121 Å². The Balaban J connectivity index is 2.10. The fraction of sp³-hybridized carbons (Fsp3) is 0.667. The van der Waals surface area contributed by atoms with Crippen LogP contribution in [0.5, 0.6) is 0 Å². The van der Waals surface area contributed by atoms with E-state index >= 15 is 0 Å². The maximum atomic E-state index is 12.8. The number of alkyl halides is 3. The molecule has 2 rings (SSSR count). The summed E-state index contributed by atoms with van der Waals surface area (Å²) >= 11 is 0. The van der Waals surface area contributed by atoms with Gasteiger partial charge in [0.1, 0.15) is 5.54 Å². The molecule has 120 valence electrons. The first-order valence-corrected chi connectivity index (χ1v) is 8.05. The van der Waals surface area contributed by atoms with Gasteiger partial charge in [-0.2, -0.15) is 17.9 Å². The van der Waals surface area contributed by atoms with Crippen molar-refractivity contribution in [2.24, 2.45) is 0 Å². The zero-order chi connectivity index (χ0) is 15.9. The van der Waals surface area contributed by atoms with Gasteiger partial charge in [-0.15, -0.1) is 0 Å². The quantitative estimate of drug-likeness (QED) is 0.748. The van der Waals surface area contributed by atoms with Crippen molar-refractivity contribution in [3.63, 3.8) is 0 Å². The number of H-pyrrole nitrogens is 1. The number of aromatic nitrogens is 1. The molecule has 0 radical (unpaired) electrons. The molecule has 0 unspecified atom stereocenters. The highest BCUT2D eigenvalue weighted by atomic mass is 32.2. The van der Waals surface area contributed by atoms with Gasteiger partial charge in [-0.25, -0.2) is 8.42 Å². The molecular weight excluding hydrogens is 307 g/mol. The fourth-order valence-corrected chi connectivity index (χ4v) is 3.34. The zero-order valence-corrected chi connectivity index (χ0v) is 12.5. The highest BCUT2D eigenvalue weighted by Crippen LogP contribution is 2.49. The predicted octanol–water partition coefficient (Wildman–Crippen LogP) is 1.89. The summed E-state index contributed by atoms with van der Waals surface area (Å²) in [6.07, 6.45) is -3.81. The van der Waals surface area contributed by atoms with Gasteiger partial charge in [-0.1, -0.05) is 13.8 Å². The number of halogens is 3. The normalized spacial score (nSPS) is 18.2. The van der Waals surface area contributed by atoms with Crippen molar-refractivity contribution in [1.29, 1.82) is 0 Å². The smallest absolute Gasteiger partial charge is 0.363 e. The maximum Gasteiger partial charge on any atom is 0.407 e. The average Bonchev–Trinajstić information content (AvgIpc) is 2.95. The van der Waals surface area contributed by atoms with Crippen molar-refractivity contribution in [1.82, 2.24) is 15.0 Å². The molecule has 3 N–H and O–H groups in total. The minimum absolute atomic E-state index is 0.182. The van der Waals surface area contributed by atoms with Crippen LogP contribution >= 0.6 is 0 Å². The van der Waals surface area contributed by atoms with Crippen LogP contribution in [0.15, 0.2) is 17.2 Å². The van der Waals surface area contributed by atoms with Crippen LogP contribution in [0.1, 0.15) is 32.4 Å². The van der Waals surface area contributed by atoms with Gasteiger partial charge in [0.25, 0.3) is 0 Å². The third-order valence-electron chi connectivity index (χ3n) is 3.35. The Hall–Kier alpha value is -1.06. The number of hydrogen-bond donors (Lipinski definition) is 3. The van der Waals surface area contributed by atoms with Crippen molar-refractivity contribution < 1.29 is 21.6 Å². The van der Waals surface area contributed by atoms with Crippen LogP contribution < -0.4 is 10.0 Å². The summed E-state index contributed by atoms with van der Waals surface area (Å²) in [5.74, 6) is 0. The lowest BCUT2D eigenvalue weighted by Crippen LogP contribution is -2.47. The van der Waals surface area contributed by atoms with E-state index in [0.717, 1.165) is 0 Å². The van der Waals surface area contributed by atoms with Gasteiger partial charge in [0.05, 0.1) is 4.90 Å². The van der Waals surface area contributed by atoms with E-state index in [0.29, 0.717) is 12.2 Å². The van der Waals surface area contributed by atoms with Gasteiger partial charge in [0.15, 0.2) is 0 Å². The van der Waals surface area contributed by atoms with Crippen LogP contribution in [0.4, 0.5) is 13.2 Å². The predicted molar refractivity (Wildman–Crippen MR) is 71.1 cm³/mol. The first-order valence-electron chi connectivity index (χ1n) is 6.57. The molecule has 1 aliphatic carbocycles. The van der Waals surface area contributed by atoms with Gasteiger partial charge in [-0.3, -0.25) is 0 Å². The molecule has 0 saturated heterocycles. The summed E-state index contributed by atoms with van der Waals surface area (Å²) < 4.78 is 64.3. The standard InChI is InChI=1S/C12H18F3N3O2S/c1-8(2)16-6-9-5-10(7-17-9)21(19,20)18-11(3-4-11)12(13,14)15/h5,7-8,16-18H,3-4,6H2,1-2H3. The summed E-state index contributed by atoms with van der Waals surface area (Å²) in [4.78, 5) is 2.57. The third kappa shape index (κ3) is 3.58. The molecular formula is C12H18F3N3O2S. The molecule has 1 fully saturated rings. The number of aromatic amines is 1. The third-order valence-corrected chi connectivity index (χ3v) is 4.87. The van der Waals surface area contributed by atoms with Crippen molar-refractivity contribution in [3.8, 4) is 0 Å². The van der Waals surface area contributed by atoms with E-state index in [1.807, 2.05) is 13.8 Å². The number of hydrogen-bond acceptors (Lipinski definition) is 3. The summed E-state index contributed by atoms with van der Waals surface area (Å²) in [5.41, 5.74) is -1.69. The monoisotopic (exact) mass is 325 g/mol.